The van der Waals surface area contributed by atoms with E-state index in [2.05, 4.69) is 15.3 Å². The number of nitrogens with one attached hydrogen (secondary N) is 1. The highest BCUT2D eigenvalue weighted by atomic mass is 16.1. The summed E-state index contributed by atoms with van der Waals surface area (Å²) in [7, 11) is 0. The summed E-state index contributed by atoms with van der Waals surface area (Å²) in [6.45, 7) is 1.78. The molecule has 1 aliphatic rings. The third kappa shape index (κ3) is 2.37. The number of carbonyl (C=O) groups excluding carboxylic acids is 1. The first kappa shape index (κ1) is 14.7. The van der Waals surface area contributed by atoms with Crippen LogP contribution in [0, 0.1) is 5.92 Å². The predicted molar refractivity (Wildman–Crippen MR) is 84.0 cm³/mol. The van der Waals surface area contributed by atoms with Gasteiger partial charge in [0, 0.05) is 24.8 Å². The monoisotopic (exact) mass is 296 g/mol. The van der Waals surface area contributed by atoms with Gasteiger partial charge in [-0.3, -0.25) is 14.8 Å². The molecule has 3 heterocycles. The Labute approximate surface area is 130 Å². The van der Waals surface area contributed by atoms with Gasteiger partial charge in [-0.25, -0.2) is 0 Å². The summed E-state index contributed by atoms with van der Waals surface area (Å²) in [6.07, 6.45) is 8.71. The molecule has 1 aliphatic heterocycles. The minimum absolute atomic E-state index is 0.139. The van der Waals surface area contributed by atoms with Gasteiger partial charge in [0.2, 0.25) is 5.91 Å². The normalized spacial score (nSPS) is 16.4. The van der Waals surface area contributed by atoms with Crippen LogP contribution >= 0.6 is 0 Å². The standard InChI is InChI=1S/C17H20N4O/c18-16(22)17(13-5-9-19-10-6-13,14-3-1-7-20-11-14)15-4-2-8-21-12-15/h1-4,7-8,11-13,19H,5-6,9-10H2,(H2,18,22). The first-order valence-electron chi connectivity index (χ1n) is 7.58. The van der Waals surface area contributed by atoms with Crippen LogP contribution in [0.15, 0.2) is 49.1 Å². The summed E-state index contributed by atoms with van der Waals surface area (Å²) in [5.41, 5.74) is 6.78. The van der Waals surface area contributed by atoms with E-state index in [1.165, 1.54) is 0 Å². The van der Waals surface area contributed by atoms with Crippen molar-refractivity contribution in [1.29, 1.82) is 0 Å². The van der Waals surface area contributed by atoms with E-state index >= 15 is 0 Å². The molecule has 114 valence electrons. The van der Waals surface area contributed by atoms with Crippen molar-refractivity contribution in [3.05, 3.63) is 60.2 Å². The molecule has 0 saturated carbocycles. The van der Waals surface area contributed by atoms with E-state index in [9.17, 15) is 4.79 Å². The van der Waals surface area contributed by atoms with Gasteiger partial charge in [0.25, 0.3) is 0 Å². The van der Waals surface area contributed by atoms with Crippen LogP contribution in [0.4, 0.5) is 0 Å². The molecule has 1 fully saturated rings. The quantitative estimate of drug-likeness (QED) is 0.889. The Bertz CT molecular complexity index is 584. The topological polar surface area (TPSA) is 80.9 Å². The number of nitrogens with two attached hydrogens (primary N) is 1. The molecule has 2 aromatic rings. The second-order valence-electron chi connectivity index (χ2n) is 5.68. The number of nitrogens with zero attached hydrogens (tertiary/aromatic N) is 2. The summed E-state index contributed by atoms with van der Waals surface area (Å²) in [4.78, 5) is 21.1. The second-order valence-corrected chi connectivity index (χ2v) is 5.68. The Hall–Kier alpha value is -2.27. The van der Waals surface area contributed by atoms with Crippen LogP contribution in [0.1, 0.15) is 24.0 Å². The lowest BCUT2D eigenvalue weighted by Crippen LogP contribution is -2.51. The fourth-order valence-electron chi connectivity index (χ4n) is 3.57. The molecule has 0 radical (unpaired) electrons. The third-order valence-corrected chi connectivity index (χ3v) is 4.57. The number of hydrogen-bond donors (Lipinski definition) is 2. The average Bonchev–Trinajstić information content (AvgIpc) is 2.58. The molecule has 0 spiro atoms. The molecule has 0 atom stereocenters. The highest BCUT2D eigenvalue weighted by Gasteiger charge is 2.47. The smallest absolute Gasteiger partial charge is 0.232 e. The molecule has 22 heavy (non-hydrogen) atoms. The number of aromatic nitrogens is 2. The SMILES string of the molecule is NC(=O)C(c1cccnc1)(c1cccnc1)C1CCNCC1. The molecule has 0 unspecified atom stereocenters. The maximum atomic E-state index is 12.7. The van der Waals surface area contributed by atoms with Gasteiger partial charge in [-0.15, -0.1) is 0 Å². The number of amides is 1. The van der Waals surface area contributed by atoms with E-state index < -0.39 is 5.41 Å². The highest BCUT2D eigenvalue weighted by molar-refractivity contribution is 5.91. The molecule has 3 N–H and O–H groups in total. The zero-order chi connectivity index (χ0) is 15.4. The lowest BCUT2D eigenvalue weighted by atomic mass is 9.63. The minimum Gasteiger partial charge on any atom is -0.369 e. The van der Waals surface area contributed by atoms with Gasteiger partial charge in [-0.1, -0.05) is 12.1 Å². The van der Waals surface area contributed by atoms with Crippen molar-refractivity contribution in [3.63, 3.8) is 0 Å². The highest BCUT2D eigenvalue weighted by Crippen LogP contribution is 2.42. The Kier molecular flexibility index (Phi) is 4.15. The van der Waals surface area contributed by atoms with Gasteiger partial charge in [-0.2, -0.15) is 0 Å². The first-order chi connectivity index (χ1) is 10.8. The molecular weight excluding hydrogens is 276 g/mol. The summed E-state index contributed by atoms with van der Waals surface area (Å²) >= 11 is 0. The van der Waals surface area contributed by atoms with Crippen molar-refractivity contribution >= 4 is 5.91 Å². The van der Waals surface area contributed by atoms with Crippen molar-refractivity contribution < 1.29 is 4.79 Å². The van der Waals surface area contributed by atoms with Crippen LogP contribution in [0.2, 0.25) is 0 Å². The Morgan fingerprint density at radius 3 is 2.05 bits per heavy atom. The Morgan fingerprint density at radius 1 is 1.09 bits per heavy atom. The number of pyridine rings is 2. The van der Waals surface area contributed by atoms with Crippen LogP contribution in [0.3, 0.4) is 0 Å². The van der Waals surface area contributed by atoms with Gasteiger partial charge in [-0.05, 0) is 55.1 Å². The van der Waals surface area contributed by atoms with E-state index in [-0.39, 0.29) is 11.8 Å². The minimum atomic E-state index is -0.870. The number of carbonyl (C=O) groups is 1. The second kappa shape index (κ2) is 6.23. The third-order valence-electron chi connectivity index (χ3n) is 4.57. The lowest BCUT2D eigenvalue weighted by Gasteiger charge is -2.41. The van der Waals surface area contributed by atoms with E-state index in [0.717, 1.165) is 37.1 Å². The fraction of sp³-hybridized carbons (Fsp3) is 0.353. The number of rotatable bonds is 4. The molecule has 0 aliphatic carbocycles. The van der Waals surface area contributed by atoms with Gasteiger partial charge in [0.05, 0.1) is 0 Å². The van der Waals surface area contributed by atoms with E-state index in [1.54, 1.807) is 24.8 Å². The molecule has 0 bridgehead atoms. The number of hydrogen-bond acceptors (Lipinski definition) is 4. The summed E-state index contributed by atoms with van der Waals surface area (Å²) in [5.74, 6) is -0.194. The van der Waals surface area contributed by atoms with Crippen LogP contribution < -0.4 is 11.1 Å². The van der Waals surface area contributed by atoms with Crippen LogP contribution in [-0.4, -0.2) is 29.0 Å². The summed E-state index contributed by atoms with van der Waals surface area (Å²) in [6, 6.07) is 7.58. The van der Waals surface area contributed by atoms with Crippen molar-refractivity contribution in [1.82, 2.24) is 15.3 Å². The Balaban J connectivity index is 2.21. The molecule has 2 aromatic heterocycles. The molecular formula is C17H20N4O. The van der Waals surface area contributed by atoms with Crippen LogP contribution in [0.25, 0.3) is 0 Å². The fourth-order valence-corrected chi connectivity index (χ4v) is 3.57. The molecule has 5 heteroatoms. The number of piperidine rings is 1. The molecule has 5 nitrogen and oxygen atoms in total. The van der Waals surface area contributed by atoms with Gasteiger partial charge in [0.15, 0.2) is 0 Å². The first-order valence-corrected chi connectivity index (χ1v) is 7.58. The summed E-state index contributed by atoms with van der Waals surface area (Å²) < 4.78 is 0. The van der Waals surface area contributed by atoms with Gasteiger partial charge >= 0.3 is 0 Å². The lowest BCUT2D eigenvalue weighted by molar-refractivity contribution is -0.124. The van der Waals surface area contributed by atoms with Crippen molar-refractivity contribution in [2.24, 2.45) is 11.7 Å². The van der Waals surface area contributed by atoms with E-state index in [1.807, 2.05) is 24.3 Å². The van der Waals surface area contributed by atoms with Gasteiger partial charge in [0.1, 0.15) is 5.41 Å². The van der Waals surface area contributed by atoms with Crippen molar-refractivity contribution in [2.45, 2.75) is 18.3 Å². The van der Waals surface area contributed by atoms with Gasteiger partial charge < -0.3 is 11.1 Å². The zero-order valence-corrected chi connectivity index (χ0v) is 12.4. The average molecular weight is 296 g/mol. The number of primary amides is 1. The largest absolute Gasteiger partial charge is 0.369 e. The van der Waals surface area contributed by atoms with Crippen LogP contribution in [0.5, 0.6) is 0 Å². The maximum Gasteiger partial charge on any atom is 0.232 e. The molecule has 1 saturated heterocycles. The van der Waals surface area contributed by atoms with Crippen molar-refractivity contribution in [3.8, 4) is 0 Å². The predicted octanol–water partition coefficient (Wildman–Crippen LogP) is 1.25. The Morgan fingerprint density at radius 2 is 1.64 bits per heavy atom. The molecule has 1 amide bonds. The van der Waals surface area contributed by atoms with E-state index in [0.29, 0.717) is 0 Å². The summed E-state index contributed by atoms with van der Waals surface area (Å²) in [5, 5.41) is 3.35. The zero-order valence-electron chi connectivity index (χ0n) is 12.4. The molecule has 0 aromatic carbocycles. The van der Waals surface area contributed by atoms with E-state index in [4.69, 9.17) is 5.73 Å². The van der Waals surface area contributed by atoms with Crippen LogP contribution in [-0.2, 0) is 10.2 Å². The maximum absolute atomic E-state index is 12.7. The molecule has 3 rings (SSSR count). The van der Waals surface area contributed by atoms with Crippen molar-refractivity contribution in [2.75, 3.05) is 13.1 Å².